The molecule has 0 radical (unpaired) electrons. The fourth-order valence-electron chi connectivity index (χ4n) is 2.33. The van der Waals surface area contributed by atoms with Gasteiger partial charge in [0.15, 0.2) is 0 Å². The molecule has 1 aliphatic rings. The van der Waals surface area contributed by atoms with Crippen LogP contribution in [0.15, 0.2) is 29.2 Å². The molecule has 1 heterocycles. The summed E-state index contributed by atoms with van der Waals surface area (Å²) in [7, 11) is 0. The number of carbonyl (C=O) groups excluding carboxylic acids is 2. The van der Waals surface area contributed by atoms with Gasteiger partial charge in [0.2, 0.25) is 5.91 Å². The van der Waals surface area contributed by atoms with Crippen molar-refractivity contribution in [3.05, 3.63) is 29.8 Å². The van der Waals surface area contributed by atoms with Gasteiger partial charge in [-0.2, -0.15) is 0 Å². The molecule has 1 saturated heterocycles. The number of hydrogen-bond acceptors (Lipinski definition) is 4. The van der Waals surface area contributed by atoms with Crippen molar-refractivity contribution < 1.29 is 9.59 Å². The van der Waals surface area contributed by atoms with Crippen LogP contribution in [0, 0.1) is 0 Å². The lowest BCUT2D eigenvalue weighted by molar-refractivity contribution is -0.119. The van der Waals surface area contributed by atoms with Crippen LogP contribution < -0.4 is 16.0 Å². The average Bonchev–Trinajstić information content (AvgIpc) is 2.97. The number of thioether (sulfide) groups is 1. The molecule has 1 atom stereocenters. The zero-order valence-electron chi connectivity index (χ0n) is 13.4. The Morgan fingerprint density at radius 1 is 1.35 bits per heavy atom. The maximum absolute atomic E-state index is 12.4. The van der Waals surface area contributed by atoms with E-state index in [-0.39, 0.29) is 36.3 Å². The van der Waals surface area contributed by atoms with Crippen LogP contribution in [-0.4, -0.2) is 42.7 Å². The Bertz CT molecular complexity index is 534. The Balaban J connectivity index is 0.00000264. The molecule has 0 aliphatic carbocycles. The van der Waals surface area contributed by atoms with E-state index in [0.29, 0.717) is 11.3 Å². The van der Waals surface area contributed by atoms with Gasteiger partial charge in [-0.3, -0.25) is 9.59 Å². The summed E-state index contributed by atoms with van der Waals surface area (Å²) in [6.07, 6.45) is 0.956. The molecule has 1 aliphatic heterocycles. The predicted octanol–water partition coefficient (Wildman–Crippen LogP) is 1.82. The number of amides is 2. The standard InChI is InChI=1S/C16H23N3O2S.ClH/c1-11(2)18-15(20)10-22-14-6-4-3-5-13(14)16(21)19-12-7-8-17-9-12;/h3-6,11-12,17H,7-10H2,1-2H3,(H,18,20)(H,19,21);1H. The molecule has 1 fully saturated rings. The molecule has 2 amide bonds. The van der Waals surface area contributed by atoms with Gasteiger partial charge < -0.3 is 16.0 Å². The first-order valence-electron chi connectivity index (χ1n) is 7.59. The molecule has 1 aromatic carbocycles. The van der Waals surface area contributed by atoms with Crippen LogP contribution in [0.1, 0.15) is 30.6 Å². The highest BCUT2D eigenvalue weighted by atomic mass is 35.5. The summed E-state index contributed by atoms with van der Waals surface area (Å²) >= 11 is 1.39. The predicted molar refractivity (Wildman–Crippen MR) is 96.4 cm³/mol. The number of benzene rings is 1. The third-order valence-corrected chi connectivity index (χ3v) is 4.41. The van der Waals surface area contributed by atoms with Crippen molar-refractivity contribution >= 4 is 36.0 Å². The minimum atomic E-state index is -0.0685. The highest BCUT2D eigenvalue weighted by Gasteiger charge is 2.19. The maximum atomic E-state index is 12.4. The first-order chi connectivity index (χ1) is 10.6. The fourth-order valence-corrected chi connectivity index (χ4v) is 3.19. The maximum Gasteiger partial charge on any atom is 0.252 e. The van der Waals surface area contributed by atoms with Crippen molar-refractivity contribution in [2.24, 2.45) is 0 Å². The van der Waals surface area contributed by atoms with Crippen molar-refractivity contribution in [1.82, 2.24) is 16.0 Å². The Hall–Kier alpha value is -1.24. The third kappa shape index (κ3) is 6.41. The SMILES string of the molecule is CC(C)NC(=O)CSc1ccccc1C(=O)NC1CCNC1.Cl. The smallest absolute Gasteiger partial charge is 0.252 e. The van der Waals surface area contributed by atoms with Crippen LogP contribution >= 0.6 is 24.2 Å². The number of carbonyl (C=O) groups is 2. The van der Waals surface area contributed by atoms with Crippen molar-refractivity contribution in [3.63, 3.8) is 0 Å². The molecule has 0 saturated carbocycles. The summed E-state index contributed by atoms with van der Waals surface area (Å²) in [6, 6.07) is 7.74. The number of halogens is 1. The van der Waals surface area contributed by atoms with Gasteiger partial charge in [-0.15, -0.1) is 24.2 Å². The van der Waals surface area contributed by atoms with Crippen LogP contribution in [0.2, 0.25) is 0 Å². The lowest BCUT2D eigenvalue weighted by atomic mass is 10.2. The number of hydrogen-bond donors (Lipinski definition) is 3. The first-order valence-corrected chi connectivity index (χ1v) is 8.57. The van der Waals surface area contributed by atoms with E-state index < -0.39 is 0 Å². The summed E-state index contributed by atoms with van der Waals surface area (Å²) in [4.78, 5) is 25.0. The van der Waals surface area contributed by atoms with E-state index in [2.05, 4.69) is 16.0 Å². The molecule has 5 nitrogen and oxygen atoms in total. The van der Waals surface area contributed by atoms with Crippen molar-refractivity contribution in [2.45, 2.75) is 37.2 Å². The largest absolute Gasteiger partial charge is 0.353 e. The second-order valence-electron chi connectivity index (χ2n) is 5.67. The van der Waals surface area contributed by atoms with Crippen LogP contribution in [-0.2, 0) is 4.79 Å². The van der Waals surface area contributed by atoms with Crippen molar-refractivity contribution in [1.29, 1.82) is 0 Å². The van der Waals surface area contributed by atoms with Crippen molar-refractivity contribution in [3.8, 4) is 0 Å². The van der Waals surface area contributed by atoms with Gasteiger partial charge in [0.25, 0.3) is 5.91 Å². The van der Waals surface area contributed by atoms with E-state index in [0.717, 1.165) is 24.4 Å². The van der Waals surface area contributed by atoms with Crippen LogP contribution in [0.25, 0.3) is 0 Å². The molecule has 0 bridgehead atoms. The first kappa shape index (κ1) is 19.8. The summed E-state index contributed by atoms with van der Waals surface area (Å²) in [5, 5.41) is 9.12. The summed E-state index contributed by atoms with van der Waals surface area (Å²) < 4.78 is 0. The lowest BCUT2D eigenvalue weighted by Gasteiger charge is -2.14. The van der Waals surface area contributed by atoms with E-state index in [1.807, 2.05) is 32.0 Å². The molecule has 2 rings (SSSR count). The zero-order chi connectivity index (χ0) is 15.9. The van der Waals surface area contributed by atoms with Crippen LogP contribution in [0.4, 0.5) is 0 Å². The molecule has 128 valence electrons. The summed E-state index contributed by atoms with van der Waals surface area (Å²) in [5.41, 5.74) is 0.636. The lowest BCUT2D eigenvalue weighted by Crippen LogP contribution is -2.36. The second-order valence-corrected chi connectivity index (χ2v) is 6.69. The van der Waals surface area contributed by atoms with Crippen LogP contribution in [0.3, 0.4) is 0 Å². The van der Waals surface area contributed by atoms with Gasteiger partial charge in [-0.1, -0.05) is 12.1 Å². The molecule has 7 heteroatoms. The minimum absolute atomic E-state index is 0. The van der Waals surface area contributed by atoms with Gasteiger partial charge in [0, 0.05) is 23.5 Å². The van der Waals surface area contributed by atoms with E-state index in [1.165, 1.54) is 11.8 Å². The van der Waals surface area contributed by atoms with Gasteiger partial charge in [0.05, 0.1) is 11.3 Å². The number of rotatable bonds is 6. The molecule has 23 heavy (non-hydrogen) atoms. The van der Waals surface area contributed by atoms with Crippen LogP contribution in [0.5, 0.6) is 0 Å². The highest BCUT2D eigenvalue weighted by Crippen LogP contribution is 2.22. The molecular weight excluding hydrogens is 334 g/mol. The van der Waals surface area contributed by atoms with E-state index in [1.54, 1.807) is 6.07 Å². The monoisotopic (exact) mass is 357 g/mol. The highest BCUT2D eigenvalue weighted by molar-refractivity contribution is 8.00. The van der Waals surface area contributed by atoms with Gasteiger partial charge in [0.1, 0.15) is 0 Å². The fraction of sp³-hybridized carbons (Fsp3) is 0.500. The van der Waals surface area contributed by atoms with Gasteiger partial charge in [-0.25, -0.2) is 0 Å². The van der Waals surface area contributed by atoms with E-state index >= 15 is 0 Å². The molecule has 0 spiro atoms. The van der Waals surface area contributed by atoms with Gasteiger partial charge in [-0.05, 0) is 38.9 Å². The molecular formula is C16H24ClN3O2S. The normalized spacial score (nSPS) is 16.7. The topological polar surface area (TPSA) is 70.2 Å². The summed E-state index contributed by atoms with van der Waals surface area (Å²) in [5.74, 6) is 0.226. The Morgan fingerprint density at radius 3 is 2.74 bits per heavy atom. The van der Waals surface area contributed by atoms with E-state index in [9.17, 15) is 9.59 Å². The quantitative estimate of drug-likeness (QED) is 0.679. The van der Waals surface area contributed by atoms with E-state index in [4.69, 9.17) is 0 Å². The Kier molecular flexibility index (Phi) is 8.44. The Labute approximate surface area is 147 Å². The third-order valence-electron chi connectivity index (χ3n) is 3.34. The Morgan fingerprint density at radius 2 is 2.09 bits per heavy atom. The molecule has 1 unspecified atom stereocenters. The zero-order valence-corrected chi connectivity index (χ0v) is 15.1. The average molecular weight is 358 g/mol. The molecule has 3 N–H and O–H groups in total. The minimum Gasteiger partial charge on any atom is -0.353 e. The molecule has 0 aromatic heterocycles. The molecule has 1 aromatic rings. The van der Waals surface area contributed by atoms with Gasteiger partial charge >= 0.3 is 0 Å². The number of nitrogens with one attached hydrogen (secondary N) is 3. The van der Waals surface area contributed by atoms with Crippen molar-refractivity contribution in [2.75, 3.05) is 18.8 Å². The second kappa shape index (κ2) is 9.80. The summed E-state index contributed by atoms with van der Waals surface area (Å²) in [6.45, 7) is 5.62.